The summed E-state index contributed by atoms with van der Waals surface area (Å²) >= 11 is 6.76. The highest BCUT2D eigenvalue weighted by Crippen LogP contribution is 2.31. The monoisotopic (exact) mass is 331 g/mol. The van der Waals surface area contributed by atoms with Crippen molar-refractivity contribution >= 4 is 39.0 Å². The van der Waals surface area contributed by atoms with Gasteiger partial charge in [0.25, 0.3) is 0 Å². The first-order chi connectivity index (χ1) is 8.16. The maximum absolute atomic E-state index is 12.7. The summed E-state index contributed by atoms with van der Waals surface area (Å²) in [6.07, 6.45) is 0. The molecule has 0 spiro atoms. The van der Waals surface area contributed by atoms with Crippen LogP contribution in [0.25, 0.3) is 0 Å². The van der Waals surface area contributed by atoms with Gasteiger partial charge in [0.15, 0.2) is 0 Å². The van der Waals surface area contributed by atoms with Crippen LogP contribution in [0.3, 0.4) is 0 Å². The fourth-order valence-corrected chi connectivity index (χ4v) is 4.01. The highest BCUT2D eigenvalue weighted by atomic mass is 79.9. The van der Waals surface area contributed by atoms with Crippen LogP contribution in [0.15, 0.2) is 45.1 Å². The van der Waals surface area contributed by atoms with Gasteiger partial charge in [-0.2, -0.15) is 0 Å². The minimum atomic E-state index is -0.209. The van der Waals surface area contributed by atoms with E-state index < -0.39 is 0 Å². The normalized spacial score (nSPS) is 12.6. The van der Waals surface area contributed by atoms with Crippen LogP contribution < -0.4 is 5.73 Å². The van der Waals surface area contributed by atoms with E-state index in [0.717, 1.165) is 20.0 Å². The lowest BCUT2D eigenvalue weighted by Gasteiger charge is -2.10. The highest BCUT2D eigenvalue weighted by Gasteiger charge is 2.11. The molecule has 2 aromatic rings. The Hall–Kier alpha value is -0.360. The molecule has 17 heavy (non-hydrogen) atoms. The van der Waals surface area contributed by atoms with Gasteiger partial charge in [0.1, 0.15) is 5.82 Å². The summed E-state index contributed by atoms with van der Waals surface area (Å²) in [6.45, 7) is 0. The number of nitrogens with two attached hydrogens (primary N) is 1. The standard InChI is InChI=1S/C12H11BrFNS2/c13-10-5-6-16-12(10)11(15)7-17-9-3-1-8(14)2-4-9/h1-6,11H,7,15H2. The van der Waals surface area contributed by atoms with Crippen molar-refractivity contribution < 1.29 is 4.39 Å². The molecule has 1 atom stereocenters. The van der Waals surface area contributed by atoms with Gasteiger partial charge < -0.3 is 5.73 Å². The van der Waals surface area contributed by atoms with Crippen LogP contribution in [-0.2, 0) is 0 Å². The van der Waals surface area contributed by atoms with Gasteiger partial charge in [-0.3, -0.25) is 0 Å². The van der Waals surface area contributed by atoms with Crippen LogP contribution in [0.2, 0.25) is 0 Å². The fraction of sp³-hybridized carbons (Fsp3) is 0.167. The molecular weight excluding hydrogens is 321 g/mol. The maximum atomic E-state index is 12.7. The molecule has 0 aliphatic heterocycles. The Morgan fingerprint density at radius 2 is 2.00 bits per heavy atom. The van der Waals surface area contributed by atoms with E-state index in [1.54, 1.807) is 35.2 Å². The summed E-state index contributed by atoms with van der Waals surface area (Å²) in [6, 6.07) is 8.48. The quantitative estimate of drug-likeness (QED) is 0.838. The fourth-order valence-electron chi connectivity index (χ4n) is 1.36. The summed E-state index contributed by atoms with van der Waals surface area (Å²) < 4.78 is 13.8. The number of thioether (sulfide) groups is 1. The number of hydrogen-bond donors (Lipinski definition) is 1. The van der Waals surface area contributed by atoms with Crippen molar-refractivity contribution in [3.05, 3.63) is 50.9 Å². The predicted octanol–water partition coefficient (Wildman–Crippen LogP) is 4.44. The van der Waals surface area contributed by atoms with Crippen LogP contribution >= 0.6 is 39.0 Å². The van der Waals surface area contributed by atoms with Crippen molar-refractivity contribution in [2.75, 3.05) is 5.75 Å². The second-order valence-electron chi connectivity index (χ2n) is 3.50. The molecule has 5 heteroatoms. The third kappa shape index (κ3) is 3.55. The molecule has 0 aliphatic rings. The number of halogens is 2. The first-order valence-electron chi connectivity index (χ1n) is 5.03. The SMILES string of the molecule is NC(CSc1ccc(F)cc1)c1sccc1Br. The topological polar surface area (TPSA) is 26.0 Å². The molecule has 0 amide bonds. The van der Waals surface area contributed by atoms with Crippen molar-refractivity contribution in [2.45, 2.75) is 10.9 Å². The zero-order chi connectivity index (χ0) is 12.3. The minimum Gasteiger partial charge on any atom is -0.323 e. The largest absolute Gasteiger partial charge is 0.323 e. The molecule has 0 fully saturated rings. The zero-order valence-electron chi connectivity index (χ0n) is 8.90. The van der Waals surface area contributed by atoms with Gasteiger partial charge in [-0.1, -0.05) is 0 Å². The van der Waals surface area contributed by atoms with E-state index in [0.29, 0.717) is 0 Å². The molecule has 1 aromatic heterocycles. The van der Waals surface area contributed by atoms with Crippen molar-refractivity contribution in [3.63, 3.8) is 0 Å². The molecule has 1 unspecified atom stereocenters. The van der Waals surface area contributed by atoms with E-state index in [4.69, 9.17) is 5.73 Å². The van der Waals surface area contributed by atoms with Crippen molar-refractivity contribution in [2.24, 2.45) is 5.73 Å². The Labute approximate surface area is 116 Å². The van der Waals surface area contributed by atoms with Gasteiger partial charge in [0.05, 0.1) is 0 Å². The molecule has 0 aliphatic carbocycles. The summed E-state index contributed by atoms with van der Waals surface area (Å²) in [5.74, 6) is 0.574. The molecule has 1 heterocycles. The summed E-state index contributed by atoms with van der Waals surface area (Å²) in [5.41, 5.74) is 6.10. The van der Waals surface area contributed by atoms with Crippen LogP contribution in [-0.4, -0.2) is 5.75 Å². The zero-order valence-corrected chi connectivity index (χ0v) is 12.1. The van der Waals surface area contributed by atoms with E-state index in [2.05, 4.69) is 15.9 Å². The molecule has 90 valence electrons. The number of hydrogen-bond acceptors (Lipinski definition) is 3. The first-order valence-corrected chi connectivity index (χ1v) is 7.69. The van der Waals surface area contributed by atoms with Crippen molar-refractivity contribution in [1.29, 1.82) is 0 Å². The first kappa shape index (κ1) is 13.1. The Morgan fingerprint density at radius 3 is 2.59 bits per heavy atom. The molecule has 2 N–H and O–H groups in total. The number of rotatable bonds is 4. The minimum absolute atomic E-state index is 0.000530. The van der Waals surface area contributed by atoms with E-state index in [9.17, 15) is 4.39 Å². The van der Waals surface area contributed by atoms with Gasteiger partial charge >= 0.3 is 0 Å². The molecule has 1 nitrogen and oxygen atoms in total. The number of benzene rings is 1. The summed E-state index contributed by atoms with van der Waals surface area (Å²) in [4.78, 5) is 2.19. The molecule has 0 saturated heterocycles. The third-order valence-electron chi connectivity index (χ3n) is 2.22. The summed E-state index contributed by atoms with van der Waals surface area (Å²) in [7, 11) is 0. The van der Waals surface area contributed by atoms with Gasteiger partial charge in [-0.15, -0.1) is 23.1 Å². The van der Waals surface area contributed by atoms with Gasteiger partial charge in [-0.25, -0.2) is 4.39 Å². The van der Waals surface area contributed by atoms with Gasteiger partial charge in [-0.05, 0) is 51.6 Å². The van der Waals surface area contributed by atoms with E-state index in [1.807, 2.05) is 11.4 Å². The van der Waals surface area contributed by atoms with Crippen molar-refractivity contribution in [3.8, 4) is 0 Å². The second kappa shape index (κ2) is 6.00. The molecule has 1 aromatic carbocycles. The van der Waals surface area contributed by atoms with Crippen LogP contribution in [0.4, 0.5) is 4.39 Å². The maximum Gasteiger partial charge on any atom is 0.123 e. The molecule has 0 bridgehead atoms. The van der Waals surface area contributed by atoms with Crippen LogP contribution in [0, 0.1) is 5.82 Å². The smallest absolute Gasteiger partial charge is 0.123 e. The van der Waals surface area contributed by atoms with E-state index >= 15 is 0 Å². The van der Waals surface area contributed by atoms with Crippen LogP contribution in [0.1, 0.15) is 10.9 Å². The second-order valence-corrected chi connectivity index (χ2v) is 6.40. The Morgan fingerprint density at radius 1 is 1.29 bits per heavy atom. The van der Waals surface area contributed by atoms with E-state index in [-0.39, 0.29) is 11.9 Å². The Kier molecular flexibility index (Phi) is 4.62. The lowest BCUT2D eigenvalue weighted by atomic mass is 10.3. The molecule has 0 radical (unpaired) electrons. The van der Waals surface area contributed by atoms with E-state index in [1.165, 1.54) is 12.1 Å². The van der Waals surface area contributed by atoms with Gasteiger partial charge in [0.2, 0.25) is 0 Å². The average Bonchev–Trinajstić information content (AvgIpc) is 2.74. The predicted molar refractivity (Wildman–Crippen MR) is 76.1 cm³/mol. The lowest BCUT2D eigenvalue weighted by molar-refractivity contribution is 0.626. The molecule has 0 saturated carbocycles. The summed E-state index contributed by atoms with van der Waals surface area (Å²) in [5, 5.41) is 2.02. The average molecular weight is 332 g/mol. The Balaban J connectivity index is 1.94. The Bertz CT molecular complexity index is 484. The lowest BCUT2D eigenvalue weighted by Crippen LogP contribution is -2.11. The third-order valence-corrected chi connectivity index (χ3v) is 5.36. The molecule has 2 rings (SSSR count). The van der Waals surface area contributed by atoms with Crippen LogP contribution in [0.5, 0.6) is 0 Å². The van der Waals surface area contributed by atoms with Crippen molar-refractivity contribution in [1.82, 2.24) is 0 Å². The molecular formula is C12H11BrFNS2. The number of thiophene rings is 1. The van der Waals surface area contributed by atoms with Gasteiger partial charge in [0, 0.05) is 26.0 Å². The highest BCUT2D eigenvalue weighted by molar-refractivity contribution is 9.10.